The molecule has 0 unspecified atom stereocenters. The molecule has 1 aromatic carbocycles. The van der Waals surface area contributed by atoms with Crippen molar-refractivity contribution in [3.8, 4) is 0 Å². The van der Waals surface area contributed by atoms with E-state index >= 15 is 0 Å². The topological polar surface area (TPSA) is 54.7 Å². The van der Waals surface area contributed by atoms with Crippen LogP contribution in [0.2, 0.25) is 0 Å². The molecule has 5 nitrogen and oxygen atoms in total. The molecule has 148 valence electrons. The van der Waals surface area contributed by atoms with E-state index in [1.165, 1.54) is 17.4 Å². The summed E-state index contributed by atoms with van der Waals surface area (Å²) in [5.74, 6) is 1.13. The van der Waals surface area contributed by atoms with Crippen LogP contribution < -0.4 is 5.32 Å². The molecule has 3 fully saturated rings. The molecule has 1 amide bonds. The van der Waals surface area contributed by atoms with Crippen molar-refractivity contribution in [1.29, 1.82) is 0 Å². The zero-order valence-electron chi connectivity index (χ0n) is 16.4. The molecule has 3 aliphatic rings. The Kier molecular flexibility index (Phi) is 4.52. The van der Waals surface area contributed by atoms with E-state index in [0.717, 1.165) is 38.9 Å². The van der Waals surface area contributed by atoms with Crippen LogP contribution in [-0.4, -0.2) is 42.1 Å². The third-order valence-corrected chi connectivity index (χ3v) is 6.99. The molecule has 0 saturated carbocycles. The number of benzene rings is 1. The fourth-order valence-corrected chi connectivity index (χ4v) is 5.68. The molecule has 1 N–H and O–H groups in total. The Bertz CT molecular complexity index is 849. The van der Waals surface area contributed by atoms with E-state index in [1.807, 2.05) is 0 Å². The average molecular weight is 380 g/mol. The third kappa shape index (κ3) is 2.97. The van der Waals surface area contributed by atoms with Crippen molar-refractivity contribution in [2.75, 3.05) is 19.6 Å². The van der Waals surface area contributed by atoms with Gasteiger partial charge < -0.3 is 14.5 Å². The van der Waals surface area contributed by atoms with Crippen LogP contribution in [0.1, 0.15) is 41.4 Å². The highest BCUT2D eigenvalue weighted by Crippen LogP contribution is 2.54. The molecule has 4 heterocycles. The first kappa shape index (κ1) is 18.0. The van der Waals surface area contributed by atoms with E-state index in [1.54, 1.807) is 12.1 Å². The van der Waals surface area contributed by atoms with Gasteiger partial charge in [0.15, 0.2) is 5.76 Å². The maximum atomic E-state index is 12.3. The van der Waals surface area contributed by atoms with E-state index < -0.39 is 0 Å². The van der Waals surface area contributed by atoms with Gasteiger partial charge in [-0.2, -0.15) is 0 Å². The maximum absolute atomic E-state index is 12.3. The van der Waals surface area contributed by atoms with Gasteiger partial charge in [-0.3, -0.25) is 9.69 Å². The Labute approximate surface area is 166 Å². The molecule has 2 aromatic rings. The number of rotatable bonds is 6. The van der Waals surface area contributed by atoms with Crippen LogP contribution in [0.25, 0.3) is 0 Å². The molecule has 4 atom stereocenters. The van der Waals surface area contributed by atoms with E-state index in [-0.39, 0.29) is 17.6 Å². The van der Waals surface area contributed by atoms with Gasteiger partial charge >= 0.3 is 0 Å². The standard InChI is InChI=1S/C23H28N2O3/c1-2-16-6-3-4-7-17(16)13-25-14-19-18(20-9-10-23(19,15-25)28-20)12-24-22(26)21-8-5-11-27-21/h3-8,11,18-20H,2,9-10,12-15H2,1H3,(H,24,26)/t18-,19+,20+,23+/m0/s1. The molecule has 3 saturated heterocycles. The number of hydrogen-bond acceptors (Lipinski definition) is 4. The van der Waals surface area contributed by atoms with Crippen molar-refractivity contribution < 1.29 is 13.9 Å². The molecular weight excluding hydrogens is 352 g/mol. The fraction of sp³-hybridized carbons (Fsp3) is 0.522. The van der Waals surface area contributed by atoms with Crippen LogP contribution in [0.3, 0.4) is 0 Å². The van der Waals surface area contributed by atoms with Gasteiger partial charge in [-0.25, -0.2) is 0 Å². The van der Waals surface area contributed by atoms with Crippen LogP contribution >= 0.6 is 0 Å². The lowest BCUT2D eigenvalue weighted by Crippen LogP contribution is -2.41. The SMILES string of the molecule is CCc1ccccc1CN1C[C@@H]2[C@H](CNC(=O)c3ccco3)[C@H]3CC[C@]2(C1)O3. The van der Waals surface area contributed by atoms with Gasteiger partial charge in [-0.15, -0.1) is 0 Å². The number of hydrogen-bond donors (Lipinski definition) is 1. The van der Waals surface area contributed by atoms with Crippen LogP contribution in [0.4, 0.5) is 0 Å². The molecule has 0 radical (unpaired) electrons. The summed E-state index contributed by atoms with van der Waals surface area (Å²) < 4.78 is 11.7. The summed E-state index contributed by atoms with van der Waals surface area (Å²) in [6.07, 6.45) is 5.15. The van der Waals surface area contributed by atoms with Crippen LogP contribution in [0.15, 0.2) is 47.1 Å². The lowest BCUT2D eigenvalue weighted by molar-refractivity contribution is 0.00210. The summed E-state index contributed by atoms with van der Waals surface area (Å²) in [4.78, 5) is 14.8. The second-order valence-corrected chi connectivity index (χ2v) is 8.51. The maximum Gasteiger partial charge on any atom is 0.286 e. The van der Waals surface area contributed by atoms with Gasteiger partial charge in [-0.05, 0) is 42.5 Å². The van der Waals surface area contributed by atoms with Gasteiger partial charge in [0, 0.05) is 38.0 Å². The van der Waals surface area contributed by atoms with E-state index in [0.29, 0.717) is 24.1 Å². The number of nitrogens with one attached hydrogen (secondary N) is 1. The van der Waals surface area contributed by atoms with Crippen molar-refractivity contribution >= 4 is 5.91 Å². The second kappa shape index (κ2) is 7.05. The van der Waals surface area contributed by atoms with Crippen molar-refractivity contribution in [2.24, 2.45) is 11.8 Å². The molecular formula is C23H28N2O3. The third-order valence-electron chi connectivity index (χ3n) is 6.99. The first-order chi connectivity index (χ1) is 13.7. The molecule has 1 spiro atoms. The van der Waals surface area contributed by atoms with E-state index in [9.17, 15) is 4.79 Å². The highest BCUT2D eigenvalue weighted by Gasteiger charge is 2.62. The Hall–Kier alpha value is -2.11. The Morgan fingerprint density at radius 2 is 2.11 bits per heavy atom. The number of likely N-dealkylation sites (tertiary alicyclic amines) is 1. The highest BCUT2D eigenvalue weighted by molar-refractivity contribution is 5.91. The van der Waals surface area contributed by atoms with Crippen molar-refractivity contribution in [3.05, 3.63) is 59.5 Å². The average Bonchev–Trinajstić information content (AvgIpc) is 3.47. The molecule has 1 aromatic heterocycles. The monoisotopic (exact) mass is 380 g/mol. The molecule has 0 aliphatic carbocycles. The summed E-state index contributed by atoms with van der Waals surface area (Å²) in [7, 11) is 0. The number of nitrogens with zero attached hydrogens (tertiary/aromatic N) is 1. The lowest BCUT2D eigenvalue weighted by atomic mass is 9.73. The van der Waals surface area contributed by atoms with E-state index in [2.05, 4.69) is 41.4 Å². The zero-order chi connectivity index (χ0) is 19.1. The number of ether oxygens (including phenoxy) is 1. The number of fused-ring (bicyclic) bond motifs is 1. The van der Waals surface area contributed by atoms with Crippen LogP contribution in [-0.2, 0) is 17.7 Å². The van der Waals surface area contributed by atoms with E-state index in [4.69, 9.17) is 9.15 Å². The number of carbonyl (C=O) groups is 1. The summed E-state index contributed by atoms with van der Waals surface area (Å²) in [5.41, 5.74) is 2.86. The van der Waals surface area contributed by atoms with Crippen molar-refractivity contribution in [2.45, 2.75) is 44.4 Å². The number of aryl methyl sites for hydroxylation is 1. The molecule has 3 aliphatic heterocycles. The normalized spacial score (nSPS) is 31.2. The summed E-state index contributed by atoms with van der Waals surface area (Å²) in [6, 6.07) is 12.2. The Morgan fingerprint density at radius 1 is 1.25 bits per heavy atom. The summed E-state index contributed by atoms with van der Waals surface area (Å²) in [6.45, 7) is 5.93. The van der Waals surface area contributed by atoms with Gasteiger partial charge in [0.2, 0.25) is 0 Å². The predicted octanol–water partition coefficient (Wildman–Crippen LogP) is 3.25. The minimum Gasteiger partial charge on any atom is -0.459 e. The molecule has 28 heavy (non-hydrogen) atoms. The largest absolute Gasteiger partial charge is 0.459 e. The first-order valence-corrected chi connectivity index (χ1v) is 10.5. The fourth-order valence-electron chi connectivity index (χ4n) is 5.68. The second-order valence-electron chi connectivity index (χ2n) is 8.51. The van der Waals surface area contributed by atoms with Gasteiger partial charge in [0.25, 0.3) is 5.91 Å². The van der Waals surface area contributed by atoms with Crippen LogP contribution in [0.5, 0.6) is 0 Å². The van der Waals surface area contributed by atoms with Crippen molar-refractivity contribution in [3.63, 3.8) is 0 Å². The molecule has 5 rings (SSSR count). The highest BCUT2D eigenvalue weighted by atomic mass is 16.5. The summed E-state index contributed by atoms with van der Waals surface area (Å²) in [5, 5.41) is 3.07. The molecule has 5 heteroatoms. The summed E-state index contributed by atoms with van der Waals surface area (Å²) >= 11 is 0. The first-order valence-electron chi connectivity index (χ1n) is 10.5. The smallest absolute Gasteiger partial charge is 0.286 e. The molecule has 2 bridgehead atoms. The minimum atomic E-state index is -0.131. The lowest BCUT2D eigenvalue weighted by Gasteiger charge is -2.29. The van der Waals surface area contributed by atoms with Gasteiger partial charge in [0.05, 0.1) is 18.0 Å². The minimum absolute atomic E-state index is 0.00803. The number of carbonyl (C=O) groups excluding carboxylic acids is 1. The zero-order valence-corrected chi connectivity index (χ0v) is 16.4. The van der Waals surface area contributed by atoms with Gasteiger partial charge in [0.1, 0.15) is 0 Å². The predicted molar refractivity (Wildman–Crippen MR) is 106 cm³/mol. The number of amides is 1. The Morgan fingerprint density at radius 3 is 2.89 bits per heavy atom. The van der Waals surface area contributed by atoms with Gasteiger partial charge in [-0.1, -0.05) is 31.2 Å². The Balaban J connectivity index is 1.26. The van der Waals surface area contributed by atoms with Crippen LogP contribution in [0, 0.1) is 11.8 Å². The van der Waals surface area contributed by atoms with Crippen molar-refractivity contribution in [1.82, 2.24) is 10.2 Å². The number of furan rings is 1. The quantitative estimate of drug-likeness (QED) is 0.836.